The largest absolute Gasteiger partial charge is 0.497 e. The second-order valence-corrected chi connectivity index (χ2v) is 6.91. The van der Waals surface area contributed by atoms with Crippen molar-refractivity contribution in [2.45, 2.75) is 19.8 Å². The molecule has 0 fully saturated rings. The van der Waals surface area contributed by atoms with Gasteiger partial charge in [-0.05, 0) is 38.0 Å². The molecule has 1 heterocycles. The molecule has 1 aliphatic rings. The van der Waals surface area contributed by atoms with Crippen LogP contribution in [0.3, 0.4) is 0 Å². The zero-order chi connectivity index (χ0) is 17.3. The highest BCUT2D eigenvalue weighted by Gasteiger charge is 2.35. The summed E-state index contributed by atoms with van der Waals surface area (Å²) >= 11 is 1.34. The van der Waals surface area contributed by atoms with E-state index in [1.54, 1.807) is 7.11 Å². The summed E-state index contributed by atoms with van der Waals surface area (Å²) in [6.07, 6.45) is 2.78. The molecule has 2 aromatic rings. The predicted molar refractivity (Wildman–Crippen MR) is 92.4 cm³/mol. The zero-order valence-electron chi connectivity index (χ0n) is 13.4. The van der Waals surface area contributed by atoms with E-state index in [4.69, 9.17) is 4.74 Å². The highest BCUT2D eigenvalue weighted by atomic mass is 32.1. The van der Waals surface area contributed by atoms with Crippen LogP contribution in [0.25, 0.3) is 10.2 Å². The van der Waals surface area contributed by atoms with Crippen LogP contribution in [0.1, 0.15) is 19.8 Å². The molecule has 0 unspecified atom stereocenters. The van der Waals surface area contributed by atoms with Crippen molar-refractivity contribution < 1.29 is 19.4 Å². The summed E-state index contributed by atoms with van der Waals surface area (Å²) in [6, 6.07) is 5.49. The van der Waals surface area contributed by atoms with Crippen LogP contribution in [0.5, 0.6) is 5.75 Å². The number of fused-ring (bicyclic) bond motifs is 1. The molecule has 0 bridgehead atoms. The highest BCUT2D eigenvalue weighted by Crippen LogP contribution is 2.33. The standard InChI is InChI=1S/C17H18N2O4S/c1-9-3-5-11(12(7-9)16(21)22)15(20)19-17-18-13-6-4-10(23-2)8-14(13)24-17/h3-4,6,8,11-12H,5,7H2,1-2H3,(H,21,22)(H,18,19,20)/t11-,12+/m0/s1. The van der Waals surface area contributed by atoms with Crippen LogP contribution in [-0.4, -0.2) is 29.1 Å². The van der Waals surface area contributed by atoms with E-state index in [-0.39, 0.29) is 5.91 Å². The molecule has 7 heteroatoms. The second-order valence-electron chi connectivity index (χ2n) is 5.88. The minimum atomic E-state index is -0.934. The van der Waals surface area contributed by atoms with Gasteiger partial charge in [0.2, 0.25) is 5.91 Å². The van der Waals surface area contributed by atoms with Gasteiger partial charge in [0.05, 0.1) is 29.2 Å². The molecule has 126 valence electrons. The predicted octanol–water partition coefficient (Wildman–Crippen LogP) is 3.30. The third kappa shape index (κ3) is 3.26. The Balaban J connectivity index is 1.80. The van der Waals surface area contributed by atoms with Gasteiger partial charge in [-0.3, -0.25) is 9.59 Å². The number of rotatable bonds is 4. The van der Waals surface area contributed by atoms with E-state index in [0.717, 1.165) is 21.5 Å². The van der Waals surface area contributed by atoms with E-state index in [1.165, 1.54) is 11.3 Å². The van der Waals surface area contributed by atoms with E-state index in [0.29, 0.717) is 18.0 Å². The lowest BCUT2D eigenvalue weighted by Gasteiger charge is -2.26. The number of carbonyl (C=O) groups excluding carboxylic acids is 1. The number of ether oxygens (including phenoxy) is 1. The Morgan fingerprint density at radius 1 is 1.38 bits per heavy atom. The highest BCUT2D eigenvalue weighted by molar-refractivity contribution is 7.22. The minimum absolute atomic E-state index is 0.294. The van der Waals surface area contributed by atoms with E-state index >= 15 is 0 Å². The Morgan fingerprint density at radius 3 is 2.88 bits per heavy atom. The first kappa shape index (κ1) is 16.4. The molecule has 0 saturated carbocycles. The normalized spacial score (nSPS) is 20.5. The average Bonchev–Trinajstić information content (AvgIpc) is 2.95. The quantitative estimate of drug-likeness (QED) is 0.829. The summed E-state index contributed by atoms with van der Waals surface area (Å²) in [7, 11) is 1.59. The molecular weight excluding hydrogens is 328 g/mol. The average molecular weight is 346 g/mol. The van der Waals surface area contributed by atoms with Crippen molar-refractivity contribution in [1.82, 2.24) is 4.98 Å². The Hall–Kier alpha value is -2.41. The Morgan fingerprint density at radius 2 is 2.17 bits per heavy atom. The lowest BCUT2D eigenvalue weighted by molar-refractivity contribution is -0.146. The second kappa shape index (κ2) is 6.60. The Labute approximate surface area is 143 Å². The Bertz CT molecular complexity index is 827. The topological polar surface area (TPSA) is 88.5 Å². The number of methoxy groups -OCH3 is 1. The van der Waals surface area contributed by atoms with Gasteiger partial charge in [-0.15, -0.1) is 0 Å². The lowest BCUT2D eigenvalue weighted by atomic mass is 9.79. The number of benzene rings is 1. The van der Waals surface area contributed by atoms with Gasteiger partial charge >= 0.3 is 5.97 Å². The number of aromatic nitrogens is 1. The number of hydrogen-bond acceptors (Lipinski definition) is 5. The van der Waals surface area contributed by atoms with Crippen LogP contribution < -0.4 is 10.1 Å². The van der Waals surface area contributed by atoms with Crippen LogP contribution in [0.2, 0.25) is 0 Å². The molecule has 0 radical (unpaired) electrons. The number of amides is 1. The van der Waals surface area contributed by atoms with Gasteiger partial charge < -0.3 is 15.2 Å². The maximum absolute atomic E-state index is 12.5. The maximum Gasteiger partial charge on any atom is 0.307 e. The number of hydrogen-bond donors (Lipinski definition) is 2. The monoisotopic (exact) mass is 346 g/mol. The summed E-state index contributed by atoms with van der Waals surface area (Å²) in [4.78, 5) is 28.3. The summed E-state index contributed by atoms with van der Waals surface area (Å²) in [5.74, 6) is -1.77. The minimum Gasteiger partial charge on any atom is -0.497 e. The van der Waals surface area contributed by atoms with Crippen LogP contribution in [0.15, 0.2) is 29.8 Å². The van der Waals surface area contributed by atoms with E-state index in [2.05, 4.69) is 10.3 Å². The molecule has 24 heavy (non-hydrogen) atoms. The summed E-state index contributed by atoms with van der Waals surface area (Å²) in [5, 5.41) is 12.6. The molecule has 0 spiro atoms. The summed E-state index contributed by atoms with van der Waals surface area (Å²) < 4.78 is 6.08. The maximum atomic E-state index is 12.5. The fraction of sp³-hybridized carbons (Fsp3) is 0.353. The third-order valence-electron chi connectivity index (χ3n) is 4.23. The SMILES string of the molecule is COc1ccc2nc(NC(=O)[C@H]3CC=C(C)C[C@H]3C(=O)O)sc2c1. The molecule has 1 aromatic carbocycles. The van der Waals surface area contributed by atoms with E-state index in [1.807, 2.05) is 31.2 Å². The van der Waals surface area contributed by atoms with Crippen LogP contribution >= 0.6 is 11.3 Å². The number of carbonyl (C=O) groups is 2. The molecule has 3 rings (SSSR count). The number of thiazole rings is 1. The number of nitrogens with one attached hydrogen (secondary N) is 1. The molecule has 0 saturated heterocycles. The first-order valence-electron chi connectivity index (χ1n) is 7.62. The molecule has 0 aliphatic heterocycles. The van der Waals surface area contributed by atoms with Gasteiger partial charge in [0.15, 0.2) is 5.13 Å². The van der Waals surface area contributed by atoms with Gasteiger partial charge in [0, 0.05) is 0 Å². The number of carboxylic acid groups (broad SMARTS) is 1. The fourth-order valence-corrected chi connectivity index (χ4v) is 3.79. The summed E-state index contributed by atoms with van der Waals surface area (Å²) in [6.45, 7) is 1.89. The zero-order valence-corrected chi connectivity index (χ0v) is 14.2. The van der Waals surface area contributed by atoms with Crippen molar-refractivity contribution in [3.63, 3.8) is 0 Å². The van der Waals surface area contributed by atoms with Gasteiger partial charge in [0.1, 0.15) is 5.75 Å². The molecule has 1 aliphatic carbocycles. The number of anilines is 1. The van der Waals surface area contributed by atoms with E-state index < -0.39 is 17.8 Å². The van der Waals surface area contributed by atoms with Crippen LogP contribution in [0.4, 0.5) is 5.13 Å². The third-order valence-corrected chi connectivity index (χ3v) is 5.16. The molecule has 6 nitrogen and oxygen atoms in total. The van der Waals surface area contributed by atoms with Crippen molar-refractivity contribution in [2.24, 2.45) is 11.8 Å². The lowest BCUT2D eigenvalue weighted by Crippen LogP contribution is -2.35. The number of carboxylic acids is 1. The number of nitrogens with zero attached hydrogens (tertiary/aromatic N) is 1. The van der Waals surface area contributed by atoms with Gasteiger partial charge in [-0.1, -0.05) is 23.0 Å². The van der Waals surface area contributed by atoms with Gasteiger partial charge in [-0.2, -0.15) is 0 Å². The van der Waals surface area contributed by atoms with Crippen molar-refractivity contribution in [1.29, 1.82) is 0 Å². The van der Waals surface area contributed by atoms with Gasteiger partial charge in [0.25, 0.3) is 0 Å². The number of aliphatic carboxylic acids is 1. The fourth-order valence-electron chi connectivity index (χ4n) is 2.90. The van der Waals surface area contributed by atoms with Crippen LogP contribution in [0, 0.1) is 11.8 Å². The molecule has 1 aromatic heterocycles. The van der Waals surface area contributed by atoms with Gasteiger partial charge in [-0.25, -0.2) is 4.98 Å². The molecule has 2 atom stereocenters. The Kier molecular flexibility index (Phi) is 4.53. The van der Waals surface area contributed by atoms with Crippen molar-refractivity contribution in [3.8, 4) is 5.75 Å². The van der Waals surface area contributed by atoms with Crippen molar-refractivity contribution >= 4 is 38.6 Å². The van der Waals surface area contributed by atoms with Crippen molar-refractivity contribution in [2.75, 3.05) is 12.4 Å². The smallest absolute Gasteiger partial charge is 0.307 e. The van der Waals surface area contributed by atoms with Crippen molar-refractivity contribution in [3.05, 3.63) is 29.8 Å². The molecule has 2 N–H and O–H groups in total. The molecular formula is C17H18N2O4S. The first-order valence-corrected chi connectivity index (χ1v) is 8.43. The van der Waals surface area contributed by atoms with Crippen LogP contribution in [-0.2, 0) is 9.59 Å². The number of allylic oxidation sites excluding steroid dienone is 2. The molecule has 1 amide bonds. The summed E-state index contributed by atoms with van der Waals surface area (Å²) in [5.41, 5.74) is 1.78. The first-order chi connectivity index (χ1) is 11.5. The van der Waals surface area contributed by atoms with E-state index in [9.17, 15) is 14.7 Å².